The largest absolute Gasteiger partial charge is 0.493 e. The van der Waals surface area contributed by atoms with Gasteiger partial charge in [-0.25, -0.2) is 0 Å². The van der Waals surface area contributed by atoms with E-state index in [1.165, 1.54) is 19.3 Å². The van der Waals surface area contributed by atoms with E-state index in [0.717, 1.165) is 31.2 Å². The molecule has 1 fully saturated rings. The summed E-state index contributed by atoms with van der Waals surface area (Å²) in [6.45, 7) is 10.7. The van der Waals surface area contributed by atoms with Crippen LogP contribution < -0.4 is 20.1 Å². The molecule has 1 aliphatic heterocycles. The van der Waals surface area contributed by atoms with Gasteiger partial charge in [0.1, 0.15) is 0 Å². The predicted octanol–water partition coefficient (Wildman–Crippen LogP) is 3.17. The summed E-state index contributed by atoms with van der Waals surface area (Å²) in [6.07, 6.45) is 3.17. The Labute approximate surface area is 198 Å². The molecule has 1 unspecified atom stereocenters. The first-order valence-corrected chi connectivity index (χ1v) is 10.6. The number of aliphatic hydroxyl groups excluding tert-OH is 1. The Kier molecular flexibility index (Phi) is 11.8. The van der Waals surface area contributed by atoms with E-state index in [1.54, 1.807) is 26.4 Å². The van der Waals surface area contributed by atoms with Gasteiger partial charge in [-0.2, -0.15) is 0 Å². The summed E-state index contributed by atoms with van der Waals surface area (Å²) < 4.78 is 10.6. The van der Waals surface area contributed by atoms with Crippen LogP contribution in [0.3, 0.4) is 0 Å². The van der Waals surface area contributed by atoms with Gasteiger partial charge >= 0.3 is 0 Å². The number of aliphatic imine (C=N–C) groups is 1. The number of ether oxygens (including phenoxy) is 2. The average molecular weight is 534 g/mol. The lowest BCUT2D eigenvalue weighted by Gasteiger charge is -2.40. The van der Waals surface area contributed by atoms with Crippen molar-refractivity contribution in [3.63, 3.8) is 0 Å². The van der Waals surface area contributed by atoms with Crippen LogP contribution in [0.25, 0.3) is 0 Å². The van der Waals surface area contributed by atoms with Gasteiger partial charge in [0.05, 0.1) is 26.9 Å². The van der Waals surface area contributed by atoms with Crippen molar-refractivity contribution in [1.29, 1.82) is 0 Å². The summed E-state index contributed by atoms with van der Waals surface area (Å²) in [5.74, 6) is 1.97. The molecule has 30 heavy (non-hydrogen) atoms. The smallest absolute Gasteiger partial charge is 0.191 e. The highest BCUT2D eigenvalue weighted by atomic mass is 127. The van der Waals surface area contributed by atoms with E-state index in [1.807, 2.05) is 13.0 Å². The summed E-state index contributed by atoms with van der Waals surface area (Å²) in [5, 5.41) is 17.1. The molecule has 172 valence electrons. The molecule has 0 bridgehead atoms. The molecule has 1 heterocycles. The van der Waals surface area contributed by atoms with Crippen molar-refractivity contribution in [2.24, 2.45) is 4.99 Å². The summed E-state index contributed by atoms with van der Waals surface area (Å²) in [5.41, 5.74) is 0.782. The first-order chi connectivity index (χ1) is 13.9. The van der Waals surface area contributed by atoms with Crippen LogP contribution in [0.2, 0.25) is 0 Å². The van der Waals surface area contributed by atoms with E-state index in [4.69, 9.17) is 14.5 Å². The molecule has 0 spiro atoms. The lowest BCUT2D eigenvalue weighted by molar-refractivity contribution is 0.102. The van der Waals surface area contributed by atoms with Crippen molar-refractivity contribution in [2.75, 3.05) is 46.9 Å². The number of hydrogen-bond donors (Lipinski definition) is 3. The number of methoxy groups -OCH3 is 2. The van der Waals surface area contributed by atoms with Gasteiger partial charge in [0.25, 0.3) is 0 Å². The second kappa shape index (κ2) is 13.2. The molecule has 2 rings (SSSR count). The number of benzene rings is 1. The first kappa shape index (κ1) is 26.8. The lowest BCUT2D eigenvalue weighted by Crippen LogP contribution is -2.49. The number of nitrogens with one attached hydrogen (secondary N) is 2. The van der Waals surface area contributed by atoms with Crippen molar-refractivity contribution in [2.45, 2.75) is 51.7 Å². The van der Waals surface area contributed by atoms with Gasteiger partial charge in [0, 0.05) is 18.6 Å². The van der Waals surface area contributed by atoms with Crippen molar-refractivity contribution in [3.8, 4) is 11.5 Å². The number of nitrogens with zero attached hydrogens (tertiary/aromatic N) is 2. The number of aliphatic hydroxyl groups is 1. The first-order valence-electron chi connectivity index (χ1n) is 10.6. The zero-order valence-electron chi connectivity index (χ0n) is 19.0. The maximum Gasteiger partial charge on any atom is 0.191 e. The van der Waals surface area contributed by atoms with Crippen molar-refractivity contribution in [1.82, 2.24) is 15.5 Å². The molecule has 3 N–H and O–H groups in total. The minimum Gasteiger partial charge on any atom is -0.493 e. The fourth-order valence-electron chi connectivity index (χ4n) is 3.58. The number of hydrogen-bond acceptors (Lipinski definition) is 5. The second-order valence-corrected chi connectivity index (χ2v) is 8.07. The molecule has 0 aliphatic carbocycles. The molecule has 1 saturated heterocycles. The molecule has 1 aliphatic rings. The van der Waals surface area contributed by atoms with Gasteiger partial charge < -0.3 is 25.2 Å². The lowest BCUT2D eigenvalue weighted by atomic mass is 9.99. The Morgan fingerprint density at radius 3 is 2.40 bits per heavy atom. The van der Waals surface area contributed by atoms with Crippen LogP contribution in [0, 0.1) is 0 Å². The molecule has 0 amide bonds. The summed E-state index contributed by atoms with van der Waals surface area (Å²) >= 11 is 0. The third-order valence-corrected chi connectivity index (χ3v) is 5.44. The summed E-state index contributed by atoms with van der Waals surface area (Å²) in [4.78, 5) is 7.31. The van der Waals surface area contributed by atoms with E-state index in [2.05, 4.69) is 29.4 Å². The number of piperidine rings is 1. The quantitative estimate of drug-likeness (QED) is 0.257. The zero-order chi connectivity index (χ0) is 21.3. The monoisotopic (exact) mass is 534 g/mol. The fourth-order valence-corrected chi connectivity index (χ4v) is 3.58. The van der Waals surface area contributed by atoms with Gasteiger partial charge in [0.2, 0.25) is 0 Å². The fraction of sp³-hybridized carbons (Fsp3) is 0.682. The molecule has 8 heteroatoms. The van der Waals surface area contributed by atoms with E-state index in [0.29, 0.717) is 24.6 Å². The highest BCUT2D eigenvalue weighted by molar-refractivity contribution is 14.0. The molecule has 0 radical (unpaired) electrons. The number of halogens is 1. The molecule has 7 nitrogen and oxygen atoms in total. The highest BCUT2D eigenvalue weighted by Crippen LogP contribution is 2.29. The molecular formula is C22H39IN4O3. The molecule has 1 aromatic carbocycles. The van der Waals surface area contributed by atoms with Crippen molar-refractivity contribution < 1.29 is 14.6 Å². The summed E-state index contributed by atoms with van der Waals surface area (Å²) in [6, 6.07) is 5.45. The predicted molar refractivity (Wildman–Crippen MR) is 133 cm³/mol. The van der Waals surface area contributed by atoms with Crippen LogP contribution in [-0.4, -0.2) is 68.4 Å². The number of rotatable bonds is 9. The van der Waals surface area contributed by atoms with Crippen molar-refractivity contribution >= 4 is 29.9 Å². The standard InChI is InChI=1S/C22H38N4O3.HI/c1-6-23-21(25-16-22(2,3)26-12-8-7-9-13-26)24-15-18(27)17-10-11-19(28-4)20(14-17)29-5;/h10-11,14,18,27H,6-9,12-13,15-16H2,1-5H3,(H2,23,24,25);1H. The highest BCUT2D eigenvalue weighted by Gasteiger charge is 2.27. The molecule has 1 aromatic rings. The van der Waals surface area contributed by atoms with Crippen molar-refractivity contribution in [3.05, 3.63) is 23.8 Å². The van der Waals surface area contributed by atoms with E-state index >= 15 is 0 Å². The Bertz CT molecular complexity index is 664. The van der Waals surface area contributed by atoms with Gasteiger partial charge in [-0.1, -0.05) is 12.5 Å². The Balaban J connectivity index is 0.00000450. The molecule has 0 aromatic heterocycles. The zero-order valence-corrected chi connectivity index (χ0v) is 21.4. The molecule has 0 saturated carbocycles. The van der Waals surface area contributed by atoms with Gasteiger partial charge in [0.15, 0.2) is 17.5 Å². The van der Waals surface area contributed by atoms with E-state index in [9.17, 15) is 5.11 Å². The van der Waals surface area contributed by atoms with Gasteiger partial charge in [-0.05, 0) is 64.4 Å². The molecule has 1 atom stereocenters. The van der Waals surface area contributed by atoms with Crippen LogP contribution in [0.1, 0.15) is 51.7 Å². The Morgan fingerprint density at radius 1 is 1.13 bits per heavy atom. The van der Waals surface area contributed by atoms with Crippen LogP contribution in [-0.2, 0) is 0 Å². The SMILES string of the molecule is CCNC(=NCC(C)(C)N1CCCCC1)NCC(O)c1ccc(OC)c(OC)c1.I. The second-order valence-electron chi connectivity index (χ2n) is 8.07. The van der Waals surface area contributed by atoms with E-state index < -0.39 is 6.10 Å². The normalized spacial score (nSPS) is 16.4. The Morgan fingerprint density at radius 2 is 1.80 bits per heavy atom. The minimum absolute atomic E-state index is 0. The van der Waals surface area contributed by atoms with Crippen LogP contribution >= 0.6 is 24.0 Å². The topological polar surface area (TPSA) is 78.4 Å². The number of guanidine groups is 1. The van der Waals surface area contributed by atoms with Crippen LogP contribution in [0.5, 0.6) is 11.5 Å². The minimum atomic E-state index is -0.686. The average Bonchev–Trinajstić information content (AvgIpc) is 2.75. The maximum absolute atomic E-state index is 10.6. The molecular weight excluding hydrogens is 495 g/mol. The third-order valence-electron chi connectivity index (χ3n) is 5.44. The Hall–Kier alpha value is -1.26. The third kappa shape index (κ3) is 7.77. The maximum atomic E-state index is 10.6. The number of likely N-dealkylation sites (tertiary alicyclic amines) is 1. The summed E-state index contributed by atoms with van der Waals surface area (Å²) in [7, 11) is 3.19. The van der Waals surface area contributed by atoms with E-state index in [-0.39, 0.29) is 29.5 Å². The van der Waals surface area contributed by atoms with Crippen LogP contribution in [0.15, 0.2) is 23.2 Å². The van der Waals surface area contributed by atoms with Crippen LogP contribution in [0.4, 0.5) is 0 Å². The van der Waals surface area contributed by atoms with Gasteiger partial charge in [-0.15, -0.1) is 24.0 Å². The van der Waals surface area contributed by atoms with Gasteiger partial charge in [-0.3, -0.25) is 9.89 Å².